The molecule has 0 N–H and O–H groups in total. The Hall–Kier alpha value is -1.94. The summed E-state index contributed by atoms with van der Waals surface area (Å²) in [5.74, 6) is 0.119. The highest BCUT2D eigenvalue weighted by atomic mass is 19.1. The Balaban J connectivity index is 3.24. The molecule has 1 aromatic rings. The molecule has 0 atom stereocenters. The SMILES string of the molecule is C\C=C/C(=C\C=C\F)n1c(C)cc(C(=O)CN(CC)CC)c1C. The first kappa shape index (κ1) is 19.1. The van der Waals surface area contributed by atoms with Crippen LogP contribution < -0.4 is 0 Å². The molecule has 0 amide bonds. The second kappa shape index (κ2) is 9.26. The number of carbonyl (C=O) groups is 1. The molecule has 0 aliphatic heterocycles. The third-order valence-electron chi connectivity index (χ3n) is 3.93. The Labute approximate surface area is 138 Å². The molecule has 0 unspecified atom stereocenters. The second-order valence-electron chi connectivity index (χ2n) is 5.41. The zero-order chi connectivity index (χ0) is 17.4. The number of Topliss-reactive ketones (excluding diaryl/α,β-unsaturated/α-hetero) is 1. The molecule has 0 saturated carbocycles. The summed E-state index contributed by atoms with van der Waals surface area (Å²) in [6, 6.07) is 1.91. The van der Waals surface area contributed by atoms with Crippen molar-refractivity contribution < 1.29 is 9.18 Å². The van der Waals surface area contributed by atoms with E-state index in [9.17, 15) is 9.18 Å². The first-order valence-corrected chi connectivity index (χ1v) is 8.04. The molecule has 0 aliphatic rings. The first-order valence-electron chi connectivity index (χ1n) is 8.04. The quantitative estimate of drug-likeness (QED) is 0.520. The van der Waals surface area contributed by atoms with Crippen molar-refractivity contribution in [1.29, 1.82) is 0 Å². The summed E-state index contributed by atoms with van der Waals surface area (Å²) in [6.07, 6.45) is 7.35. The third kappa shape index (κ3) is 4.76. The Morgan fingerprint density at radius 1 is 1.30 bits per heavy atom. The van der Waals surface area contributed by atoms with E-state index in [1.54, 1.807) is 6.08 Å². The average molecular weight is 318 g/mol. The van der Waals surface area contributed by atoms with Gasteiger partial charge in [-0.3, -0.25) is 9.69 Å². The lowest BCUT2D eigenvalue weighted by atomic mass is 10.1. The van der Waals surface area contributed by atoms with Crippen LogP contribution in [0, 0.1) is 13.8 Å². The first-order chi connectivity index (χ1) is 11.0. The monoisotopic (exact) mass is 318 g/mol. The predicted octanol–water partition coefficient (Wildman–Crippen LogP) is 4.53. The number of rotatable bonds is 8. The summed E-state index contributed by atoms with van der Waals surface area (Å²) in [6.45, 7) is 12.0. The van der Waals surface area contributed by atoms with E-state index in [1.165, 1.54) is 6.08 Å². The molecule has 0 bridgehead atoms. The maximum atomic E-state index is 12.6. The standard InChI is InChI=1S/C19H27FN2O/c1-6-10-17(11-9-12-20)22-15(4)13-18(16(22)5)19(23)14-21(7-2)8-3/h6,9-13H,7-8,14H2,1-5H3/b10-6-,12-9+,17-11+. The van der Waals surface area contributed by atoms with Gasteiger partial charge in [0, 0.05) is 22.6 Å². The summed E-state index contributed by atoms with van der Waals surface area (Å²) in [4.78, 5) is 14.7. The molecule has 0 aliphatic carbocycles. The minimum absolute atomic E-state index is 0.119. The predicted molar refractivity (Wildman–Crippen MR) is 95.4 cm³/mol. The van der Waals surface area contributed by atoms with Crippen LogP contribution >= 0.6 is 0 Å². The molecule has 0 fully saturated rings. The molecule has 23 heavy (non-hydrogen) atoms. The number of aromatic nitrogens is 1. The number of likely N-dealkylation sites (N-methyl/N-ethyl adjacent to an activating group) is 1. The lowest BCUT2D eigenvalue weighted by Crippen LogP contribution is -2.29. The number of hydrogen-bond acceptors (Lipinski definition) is 2. The number of halogens is 1. The Kier molecular flexibility index (Phi) is 7.69. The summed E-state index contributed by atoms with van der Waals surface area (Å²) in [7, 11) is 0. The van der Waals surface area contributed by atoms with Gasteiger partial charge in [-0.1, -0.05) is 19.9 Å². The van der Waals surface area contributed by atoms with Gasteiger partial charge in [-0.25, -0.2) is 4.39 Å². The average Bonchev–Trinajstić information content (AvgIpc) is 2.84. The zero-order valence-electron chi connectivity index (χ0n) is 14.8. The van der Waals surface area contributed by atoms with Gasteiger partial charge in [0.1, 0.15) is 0 Å². The molecule has 0 spiro atoms. The molecular weight excluding hydrogens is 291 g/mol. The van der Waals surface area contributed by atoms with Crippen LogP contribution in [0.4, 0.5) is 4.39 Å². The van der Waals surface area contributed by atoms with Crippen LogP contribution in [0.25, 0.3) is 5.70 Å². The summed E-state index contributed by atoms with van der Waals surface area (Å²) < 4.78 is 14.3. The van der Waals surface area contributed by atoms with E-state index in [0.717, 1.165) is 35.7 Å². The van der Waals surface area contributed by atoms with Crippen molar-refractivity contribution in [1.82, 2.24) is 9.47 Å². The number of hydrogen-bond donors (Lipinski definition) is 0. The number of allylic oxidation sites excluding steroid dienone is 5. The third-order valence-corrected chi connectivity index (χ3v) is 3.93. The van der Waals surface area contributed by atoms with Crippen molar-refractivity contribution >= 4 is 11.5 Å². The van der Waals surface area contributed by atoms with Gasteiger partial charge in [0.05, 0.1) is 12.9 Å². The fourth-order valence-electron chi connectivity index (χ4n) is 2.69. The Morgan fingerprint density at radius 3 is 2.48 bits per heavy atom. The topological polar surface area (TPSA) is 25.2 Å². The van der Waals surface area contributed by atoms with Crippen molar-refractivity contribution in [3.05, 3.63) is 53.7 Å². The van der Waals surface area contributed by atoms with Gasteiger partial charge in [-0.2, -0.15) is 0 Å². The fraction of sp³-hybridized carbons (Fsp3) is 0.421. The maximum absolute atomic E-state index is 12.6. The molecule has 1 rings (SSSR count). The van der Waals surface area contributed by atoms with Crippen LogP contribution in [-0.4, -0.2) is 34.9 Å². The molecule has 1 aromatic heterocycles. The lowest BCUT2D eigenvalue weighted by Gasteiger charge is -2.17. The summed E-state index contributed by atoms with van der Waals surface area (Å²) in [5, 5.41) is 0. The molecule has 4 heteroatoms. The Bertz CT molecular complexity index is 620. The molecule has 3 nitrogen and oxygen atoms in total. The van der Waals surface area contributed by atoms with Crippen molar-refractivity contribution in [3.63, 3.8) is 0 Å². The maximum Gasteiger partial charge on any atom is 0.178 e. The van der Waals surface area contributed by atoms with Gasteiger partial charge >= 0.3 is 0 Å². The van der Waals surface area contributed by atoms with Crippen LogP contribution in [0.1, 0.15) is 42.5 Å². The van der Waals surface area contributed by atoms with Gasteiger partial charge < -0.3 is 4.57 Å². The number of ketones is 1. The highest BCUT2D eigenvalue weighted by Gasteiger charge is 2.18. The number of aryl methyl sites for hydroxylation is 1. The van der Waals surface area contributed by atoms with Crippen LogP contribution in [0.2, 0.25) is 0 Å². The van der Waals surface area contributed by atoms with Crippen molar-refractivity contribution in [2.24, 2.45) is 0 Å². The molecule has 0 aromatic carbocycles. The smallest absolute Gasteiger partial charge is 0.178 e. The van der Waals surface area contributed by atoms with E-state index in [2.05, 4.69) is 18.7 Å². The van der Waals surface area contributed by atoms with E-state index >= 15 is 0 Å². The molecular formula is C19H27FN2O. The molecule has 0 radical (unpaired) electrons. The van der Waals surface area contributed by atoms with Crippen molar-refractivity contribution in [2.75, 3.05) is 19.6 Å². The minimum Gasteiger partial charge on any atom is -0.318 e. The fourth-order valence-corrected chi connectivity index (χ4v) is 2.69. The molecule has 0 saturated heterocycles. The van der Waals surface area contributed by atoms with Crippen molar-refractivity contribution in [3.8, 4) is 0 Å². The van der Waals surface area contributed by atoms with Crippen LogP contribution in [-0.2, 0) is 0 Å². The van der Waals surface area contributed by atoms with Crippen LogP contribution in [0.5, 0.6) is 0 Å². The van der Waals surface area contributed by atoms with E-state index in [0.29, 0.717) is 12.9 Å². The highest BCUT2D eigenvalue weighted by Crippen LogP contribution is 2.22. The van der Waals surface area contributed by atoms with Crippen LogP contribution in [0.3, 0.4) is 0 Å². The van der Waals surface area contributed by atoms with Gasteiger partial charge in [-0.15, -0.1) is 0 Å². The normalized spacial score (nSPS) is 12.9. The lowest BCUT2D eigenvalue weighted by molar-refractivity contribution is 0.0937. The van der Waals surface area contributed by atoms with Gasteiger partial charge in [0.15, 0.2) is 5.78 Å². The highest BCUT2D eigenvalue weighted by molar-refractivity contribution is 5.99. The second-order valence-corrected chi connectivity index (χ2v) is 5.41. The number of nitrogens with zero attached hydrogens (tertiary/aromatic N) is 2. The van der Waals surface area contributed by atoms with E-state index in [-0.39, 0.29) is 5.78 Å². The number of carbonyl (C=O) groups excluding carboxylic acids is 1. The largest absolute Gasteiger partial charge is 0.318 e. The van der Waals surface area contributed by atoms with Crippen LogP contribution in [0.15, 0.2) is 36.7 Å². The Morgan fingerprint density at radius 2 is 1.96 bits per heavy atom. The van der Waals surface area contributed by atoms with E-state index in [4.69, 9.17) is 0 Å². The van der Waals surface area contributed by atoms with E-state index in [1.807, 2.05) is 43.6 Å². The summed E-state index contributed by atoms with van der Waals surface area (Å²) in [5.41, 5.74) is 3.41. The zero-order valence-corrected chi connectivity index (χ0v) is 14.8. The van der Waals surface area contributed by atoms with E-state index < -0.39 is 0 Å². The summed E-state index contributed by atoms with van der Waals surface area (Å²) >= 11 is 0. The van der Waals surface area contributed by atoms with Crippen molar-refractivity contribution in [2.45, 2.75) is 34.6 Å². The minimum atomic E-state index is 0.119. The van der Waals surface area contributed by atoms with Gasteiger partial charge in [-0.05, 0) is 58.2 Å². The molecule has 1 heterocycles. The van der Waals surface area contributed by atoms with Gasteiger partial charge in [0.25, 0.3) is 0 Å². The molecule has 126 valence electrons. The van der Waals surface area contributed by atoms with Gasteiger partial charge in [0.2, 0.25) is 0 Å².